The van der Waals surface area contributed by atoms with Crippen molar-refractivity contribution < 1.29 is 37.6 Å². The number of pyridine rings is 1. The van der Waals surface area contributed by atoms with Crippen molar-refractivity contribution in [2.24, 2.45) is 23.5 Å². The molecule has 0 spiro atoms. The number of unbranched alkanes of at least 4 members (excludes halogenated alkanes) is 2. The van der Waals surface area contributed by atoms with Crippen LogP contribution in [0.25, 0.3) is 21.9 Å². The van der Waals surface area contributed by atoms with Gasteiger partial charge in [-0.1, -0.05) is 45.4 Å². The van der Waals surface area contributed by atoms with Crippen LogP contribution in [0.2, 0.25) is 0 Å². The molecule has 0 aliphatic heterocycles. The van der Waals surface area contributed by atoms with Crippen LogP contribution in [-0.2, 0) is 38.6 Å². The number of rotatable bonds is 23. The number of benzene rings is 2. The van der Waals surface area contributed by atoms with Crippen molar-refractivity contribution >= 4 is 57.2 Å². The standard InChI is InChI=1S/C40H53F2N9O6/c1-4-5-14-33-49-36-37(26-12-6-7-13-30(26)48-38(36)43)51(33)17-9-8-15-46-39(55)25-18-28(41)27(29(42)19-25)21-31(52)24(11-10-16-47-40(44)56)20-32(53)35(23(2)3)50-34(54)22-57-45/h6-7,12-13,18-19,23-24,35H,4-5,8-11,14-17,20-22,45H2,1-3H3,(H2,43,48)(H,46,55)(H,50,54)(H3,44,47,56)/t24-,35+/m1/s1. The lowest BCUT2D eigenvalue weighted by molar-refractivity contribution is -0.133. The maximum Gasteiger partial charge on any atom is 0.312 e. The van der Waals surface area contributed by atoms with Gasteiger partial charge in [0, 0.05) is 61.3 Å². The van der Waals surface area contributed by atoms with Crippen molar-refractivity contribution in [2.75, 3.05) is 25.4 Å². The molecule has 2 atom stereocenters. The molecule has 2 heterocycles. The maximum atomic E-state index is 15.4. The summed E-state index contributed by atoms with van der Waals surface area (Å²) in [7, 11) is 0. The van der Waals surface area contributed by atoms with E-state index in [4.69, 9.17) is 22.3 Å². The highest BCUT2D eigenvalue weighted by molar-refractivity contribution is 6.06. The fourth-order valence-corrected chi connectivity index (χ4v) is 6.81. The van der Waals surface area contributed by atoms with Crippen molar-refractivity contribution in [1.82, 2.24) is 30.5 Å². The molecule has 0 radical (unpaired) electrons. The molecule has 9 N–H and O–H groups in total. The van der Waals surface area contributed by atoms with E-state index in [0.29, 0.717) is 30.7 Å². The van der Waals surface area contributed by atoms with E-state index in [0.717, 1.165) is 53.6 Å². The number of nitrogens with zero attached hydrogens (tertiary/aromatic N) is 3. The molecule has 15 nitrogen and oxygen atoms in total. The van der Waals surface area contributed by atoms with E-state index in [1.165, 1.54) is 0 Å². The Morgan fingerprint density at radius 1 is 0.930 bits per heavy atom. The molecule has 4 amide bonds. The van der Waals surface area contributed by atoms with Gasteiger partial charge >= 0.3 is 6.03 Å². The van der Waals surface area contributed by atoms with Gasteiger partial charge in [-0.25, -0.2) is 29.4 Å². The Hall–Kier alpha value is -5.55. The summed E-state index contributed by atoms with van der Waals surface area (Å²) in [6.45, 7) is 5.97. The number of Topliss-reactive ketones (excluding diaryl/α,β-unsaturated/α-hetero) is 2. The molecule has 4 aromatic rings. The number of nitrogen functional groups attached to an aromatic ring is 1. The number of hydrogen-bond donors (Lipinski definition) is 6. The number of carbonyl (C=O) groups excluding carboxylic acids is 5. The number of aryl methyl sites for hydroxylation is 2. The van der Waals surface area contributed by atoms with Gasteiger partial charge in [0.2, 0.25) is 5.91 Å². The van der Waals surface area contributed by atoms with E-state index in [1.807, 2.05) is 24.3 Å². The van der Waals surface area contributed by atoms with Gasteiger partial charge in [-0.05, 0) is 56.2 Å². The predicted molar refractivity (Wildman–Crippen MR) is 212 cm³/mol. The van der Waals surface area contributed by atoms with Crippen LogP contribution in [0.4, 0.5) is 19.4 Å². The Bertz CT molecular complexity index is 2050. The van der Waals surface area contributed by atoms with Crippen molar-refractivity contribution in [3.63, 3.8) is 0 Å². The van der Waals surface area contributed by atoms with Crippen LogP contribution < -0.4 is 33.3 Å². The zero-order chi connectivity index (χ0) is 41.6. The molecular weight excluding hydrogens is 740 g/mol. The van der Waals surface area contributed by atoms with Gasteiger partial charge in [0.15, 0.2) is 11.6 Å². The number of primary amides is 1. The van der Waals surface area contributed by atoms with Crippen molar-refractivity contribution in [1.29, 1.82) is 0 Å². The van der Waals surface area contributed by atoms with Gasteiger partial charge in [-0.2, -0.15) is 0 Å². The minimum absolute atomic E-state index is 0.0816. The average molecular weight is 794 g/mol. The van der Waals surface area contributed by atoms with Gasteiger partial charge in [0.05, 0.1) is 17.1 Å². The lowest BCUT2D eigenvalue weighted by Gasteiger charge is -2.24. The molecule has 0 bridgehead atoms. The minimum atomic E-state index is -1.09. The van der Waals surface area contributed by atoms with Gasteiger partial charge < -0.3 is 32.0 Å². The third kappa shape index (κ3) is 12.0. The third-order valence-electron chi connectivity index (χ3n) is 9.77. The highest BCUT2D eigenvalue weighted by Gasteiger charge is 2.30. The first kappa shape index (κ1) is 44.2. The molecule has 0 aliphatic rings. The summed E-state index contributed by atoms with van der Waals surface area (Å²) in [6, 6.07) is 7.74. The Balaban J connectivity index is 1.40. The first-order valence-corrected chi connectivity index (χ1v) is 19.2. The molecule has 4 rings (SSSR count). The van der Waals surface area contributed by atoms with Gasteiger partial charge in [0.25, 0.3) is 5.91 Å². The summed E-state index contributed by atoms with van der Waals surface area (Å²) in [4.78, 5) is 76.8. The largest absolute Gasteiger partial charge is 0.382 e. The number of carbonyl (C=O) groups is 5. The summed E-state index contributed by atoms with van der Waals surface area (Å²) in [5.74, 6) is 0.269. The Morgan fingerprint density at radius 3 is 2.30 bits per heavy atom. The number of nitrogens with two attached hydrogens (primary N) is 3. The highest BCUT2D eigenvalue weighted by Crippen LogP contribution is 2.30. The number of fused-ring (bicyclic) bond motifs is 3. The molecule has 0 unspecified atom stereocenters. The summed E-state index contributed by atoms with van der Waals surface area (Å²) in [6.07, 6.45) is 3.22. The number of nitrogens with one attached hydrogen (secondary N) is 3. The van der Waals surface area contributed by atoms with Crippen LogP contribution in [0.15, 0.2) is 36.4 Å². The van der Waals surface area contributed by atoms with Crippen molar-refractivity contribution in [3.8, 4) is 0 Å². The SMILES string of the molecule is CCCCc1nc2c(N)nc3ccccc3c2n1CCCCNC(=O)c1cc(F)c(CC(=O)[C@H](CCCNC(N)=O)CC(=O)[C@@H](NC(=O)CON)C(C)C)c(F)c1. The predicted octanol–water partition coefficient (Wildman–Crippen LogP) is 4.16. The van der Waals surface area contributed by atoms with E-state index in [-0.39, 0.29) is 43.8 Å². The number of urea groups is 1. The van der Waals surface area contributed by atoms with Crippen molar-refractivity contribution in [3.05, 3.63) is 65.0 Å². The number of anilines is 1. The summed E-state index contributed by atoms with van der Waals surface area (Å²) >= 11 is 0. The van der Waals surface area contributed by atoms with Crippen LogP contribution in [0, 0.1) is 23.5 Å². The summed E-state index contributed by atoms with van der Waals surface area (Å²) < 4.78 is 33.0. The molecule has 2 aromatic heterocycles. The third-order valence-corrected chi connectivity index (χ3v) is 9.77. The van der Waals surface area contributed by atoms with Crippen molar-refractivity contribution in [2.45, 2.75) is 91.1 Å². The molecule has 0 aliphatic carbocycles. The molecule has 0 saturated heterocycles. The van der Waals surface area contributed by atoms with E-state index in [2.05, 4.69) is 37.3 Å². The number of halogens is 2. The zero-order valence-corrected chi connectivity index (χ0v) is 32.7. The number of imidazole rings is 1. The Labute approximate surface area is 329 Å². The first-order chi connectivity index (χ1) is 27.2. The second-order valence-electron chi connectivity index (χ2n) is 14.4. The fraction of sp³-hybridized carbons (Fsp3) is 0.475. The Morgan fingerprint density at radius 2 is 1.63 bits per heavy atom. The topological polar surface area (TPSA) is 239 Å². The van der Waals surface area contributed by atoms with Crippen LogP contribution in [0.1, 0.15) is 87.5 Å². The first-order valence-electron chi connectivity index (χ1n) is 19.2. The lowest BCUT2D eigenvalue weighted by Crippen LogP contribution is -2.46. The van der Waals surface area contributed by atoms with Crippen LogP contribution in [-0.4, -0.2) is 69.7 Å². The summed E-state index contributed by atoms with van der Waals surface area (Å²) in [5.41, 5.74) is 13.0. The number of hydrogen-bond acceptors (Lipinski definition) is 10. The van der Waals surface area contributed by atoms with Gasteiger partial charge in [-0.3, -0.25) is 24.0 Å². The highest BCUT2D eigenvalue weighted by atomic mass is 19.1. The molecule has 0 saturated carbocycles. The molecule has 57 heavy (non-hydrogen) atoms. The lowest BCUT2D eigenvalue weighted by atomic mass is 9.85. The Kier molecular flexibility index (Phi) is 16.4. The zero-order valence-electron chi connectivity index (χ0n) is 32.7. The molecule has 2 aromatic carbocycles. The quantitative estimate of drug-likeness (QED) is 0.0463. The second kappa shape index (κ2) is 21.1. The summed E-state index contributed by atoms with van der Waals surface area (Å²) in [5, 5.41) is 8.60. The fourth-order valence-electron chi connectivity index (χ4n) is 6.81. The smallest absolute Gasteiger partial charge is 0.312 e. The second-order valence-corrected chi connectivity index (χ2v) is 14.4. The van der Waals surface area contributed by atoms with Crippen LogP contribution in [0.5, 0.6) is 0 Å². The van der Waals surface area contributed by atoms with E-state index >= 15 is 8.78 Å². The maximum absolute atomic E-state index is 15.4. The van der Waals surface area contributed by atoms with E-state index in [1.54, 1.807) is 13.8 Å². The van der Waals surface area contributed by atoms with Crippen LogP contribution >= 0.6 is 0 Å². The average Bonchev–Trinajstić information content (AvgIpc) is 3.54. The van der Waals surface area contributed by atoms with Crippen LogP contribution in [0.3, 0.4) is 0 Å². The van der Waals surface area contributed by atoms with Gasteiger partial charge in [0.1, 0.15) is 35.4 Å². The molecule has 308 valence electrons. The number of aromatic nitrogens is 3. The van der Waals surface area contributed by atoms with E-state index in [9.17, 15) is 24.0 Å². The number of ketones is 2. The molecule has 17 heteroatoms. The van der Waals surface area contributed by atoms with E-state index < -0.39 is 71.6 Å². The molecule has 0 fully saturated rings. The number of para-hydroxylation sites is 1. The minimum Gasteiger partial charge on any atom is -0.382 e. The van der Waals surface area contributed by atoms with Gasteiger partial charge in [-0.15, -0.1) is 0 Å². The monoisotopic (exact) mass is 793 g/mol. The number of amides is 4. The normalized spacial score (nSPS) is 12.5. The molecular formula is C40H53F2N9O6.